The molecule has 132 valence electrons. The normalized spacial score (nSPS) is 11.5. The van der Waals surface area contributed by atoms with Gasteiger partial charge in [0, 0.05) is 12.0 Å². The Morgan fingerprint density at radius 1 is 1.04 bits per heavy atom. The molecule has 0 unspecified atom stereocenters. The summed E-state index contributed by atoms with van der Waals surface area (Å²) in [6.45, 7) is 0. The van der Waals surface area contributed by atoms with Crippen LogP contribution in [0.1, 0.15) is 11.3 Å². The van der Waals surface area contributed by atoms with Crippen LogP contribution >= 0.6 is 0 Å². The van der Waals surface area contributed by atoms with E-state index in [1.165, 1.54) is 18.3 Å². The molecule has 3 aromatic rings. The molecule has 1 N–H and O–H groups in total. The Kier molecular flexibility index (Phi) is 3.46. The number of benzene rings is 1. The first-order valence-corrected chi connectivity index (χ1v) is 8.29. The number of nitrogens with one attached hydrogen (secondary N) is 1. The number of hydrogen-bond donors (Lipinski definition) is 1. The number of nitrogens with zero attached hydrogens (tertiary/aromatic N) is 3. The molecule has 5 nitrogen and oxygen atoms in total. The highest BCUT2D eigenvalue weighted by molar-refractivity contribution is 5.81. The molecule has 5 rings (SSSR count). The first-order chi connectivity index (χ1) is 13.2. The van der Waals surface area contributed by atoms with Crippen molar-refractivity contribution in [3.63, 3.8) is 0 Å². The number of H-pyrrole nitrogens is 1. The Morgan fingerprint density at radius 3 is 2.89 bits per heavy atom. The van der Waals surface area contributed by atoms with Crippen LogP contribution in [0.2, 0.25) is 0 Å². The van der Waals surface area contributed by atoms with E-state index >= 15 is 0 Å². The van der Waals surface area contributed by atoms with Gasteiger partial charge in [0.05, 0.1) is 35.5 Å². The fourth-order valence-electron chi connectivity index (χ4n) is 3.25. The number of aromatic amines is 1. The Labute approximate surface area is 152 Å². The lowest BCUT2D eigenvalue weighted by atomic mass is 10.1. The van der Waals surface area contributed by atoms with E-state index in [0.29, 0.717) is 23.1 Å². The second kappa shape index (κ2) is 5.98. The molecule has 0 fully saturated rings. The minimum Gasteiger partial charge on any atom is -0.472 e. The van der Waals surface area contributed by atoms with Gasteiger partial charge in [-0.3, -0.25) is 0 Å². The third kappa shape index (κ3) is 2.55. The predicted molar refractivity (Wildman–Crippen MR) is 95.2 cm³/mol. The average Bonchev–Trinajstić information content (AvgIpc) is 3.29. The standard InChI is InChI=1S/C20H12F2N4O/c21-15-3-1-2-14(18(15)22)20-24-17-9-23-26-16(19(17)25-20)8-11-4-5-12-10-27-7-6-13(11)12/h1-7,9-10H,8H2,(H,24,25). The molecule has 1 aliphatic carbocycles. The van der Waals surface area contributed by atoms with Crippen LogP contribution < -0.4 is 0 Å². The largest absolute Gasteiger partial charge is 0.472 e. The van der Waals surface area contributed by atoms with Gasteiger partial charge in [0.1, 0.15) is 11.3 Å². The van der Waals surface area contributed by atoms with E-state index in [9.17, 15) is 8.78 Å². The summed E-state index contributed by atoms with van der Waals surface area (Å²) in [4.78, 5) is 7.46. The fourth-order valence-corrected chi connectivity index (χ4v) is 3.25. The molecule has 0 spiro atoms. The molecule has 0 bridgehead atoms. The lowest BCUT2D eigenvalue weighted by Gasteiger charge is -2.03. The van der Waals surface area contributed by atoms with Crippen molar-refractivity contribution in [3.8, 4) is 22.5 Å². The summed E-state index contributed by atoms with van der Waals surface area (Å²) in [6, 6.07) is 9.86. The Bertz CT molecular complexity index is 1240. The third-order valence-electron chi connectivity index (χ3n) is 4.56. The van der Waals surface area contributed by atoms with Crippen LogP contribution in [-0.2, 0) is 6.42 Å². The number of imidazole rings is 1. The van der Waals surface area contributed by atoms with Crippen LogP contribution in [0.25, 0.3) is 33.5 Å². The first-order valence-electron chi connectivity index (χ1n) is 8.29. The van der Waals surface area contributed by atoms with Crippen LogP contribution in [0.4, 0.5) is 8.78 Å². The highest BCUT2D eigenvalue weighted by atomic mass is 19.2. The van der Waals surface area contributed by atoms with Crippen molar-refractivity contribution in [2.24, 2.45) is 0 Å². The molecule has 0 saturated heterocycles. The van der Waals surface area contributed by atoms with Crippen molar-refractivity contribution < 1.29 is 13.2 Å². The van der Waals surface area contributed by atoms with Crippen molar-refractivity contribution in [2.45, 2.75) is 6.42 Å². The average molecular weight is 362 g/mol. The van der Waals surface area contributed by atoms with Crippen molar-refractivity contribution in [1.29, 1.82) is 0 Å². The van der Waals surface area contributed by atoms with E-state index < -0.39 is 11.6 Å². The fraction of sp³-hybridized carbons (Fsp3) is 0.0500. The van der Waals surface area contributed by atoms with Gasteiger partial charge in [0.25, 0.3) is 0 Å². The molecule has 27 heavy (non-hydrogen) atoms. The molecule has 2 aliphatic rings. The van der Waals surface area contributed by atoms with Crippen LogP contribution in [0.15, 0.2) is 59.5 Å². The Hall–Kier alpha value is -3.61. The molecule has 1 aromatic carbocycles. The zero-order valence-corrected chi connectivity index (χ0v) is 13.9. The lowest BCUT2D eigenvalue weighted by Crippen LogP contribution is -1.96. The maximum absolute atomic E-state index is 14.1. The number of fused-ring (bicyclic) bond motifs is 2. The zero-order valence-electron chi connectivity index (χ0n) is 13.9. The summed E-state index contributed by atoms with van der Waals surface area (Å²) in [5.74, 6) is -1.62. The van der Waals surface area contributed by atoms with E-state index in [1.807, 2.05) is 18.2 Å². The second-order valence-corrected chi connectivity index (χ2v) is 6.20. The van der Waals surface area contributed by atoms with Gasteiger partial charge in [-0.25, -0.2) is 13.8 Å². The molecule has 0 amide bonds. The molecule has 3 heterocycles. The number of halogens is 2. The van der Waals surface area contributed by atoms with E-state index in [0.717, 1.165) is 22.8 Å². The quantitative estimate of drug-likeness (QED) is 0.510. The van der Waals surface area contributed by atoms with E-state index in [4.69, 9.17) is 4.42 Å². The SMILES string of the molecule is Fc1cccc(-c2nc3c(Cc4ccc5coccc4-5)nncc3[nH]2)c1F. The zero-order chi connectivity index (χ0) is 18.4. The minimum atomic E-state index is -0.940. The van der Waals surface area contributed by atoms with Crippen molar-refractivity contribution in [1.82, 2.24) is 20.2 Å². The highest BCUT2D eigenvalue weighted by Gasteiger charge is 2.17. The van der Waals surface area contributed by atoms with Gasteiger partial charge in [-0.15, -0.1) is 0 Å². The van der Waals surface area contributed by atoms with Crippen molar-refractivity contribution in [2.75, 3.05) is 0 Å². The number of rotatable bonds is 3. The molecule has 0 saturated carbocycles. The molecule has 7 heteroatoms. The molecule has 0 radical (unpaired) electrons. The predicted octanol–water partition coefficient (Wildman–Crippen LogP) is 4.59. The van der Waals surface area contributed by atoms with Crippen LogP contribution in [0.3, 0.4) is 0 Å². The number of aromatic nitrogens is 4. The highest BCUT2D eigenvalue weighted by Crippen LogP contribution is 2.31. The van der Waals surface area contributed by atoms with Gasteiger partial charge < -0.3 is 9.40 Å². The van der Waals surface area contributed by atoms with Crippen molar-refractivity contribution in [3.05, 3.63) is 78.0 Å². The number of hydrogen-bond acceptors (Lipinski definition) is 4. The van der Waals surface area contributed by atoms with Crippen LogP contribution in [0, 0.1) is 11.6 Å². The monoisotopic (exact) mass is 362 g/mol. The molecular formula is C20H12F2N4O. The third-order valence-corrected chi connectivity index (χ3v) is 4.56. The van der Waals surface area contributed by atoms with E-state index in [2.05, 4.69) is 20.2 Å². The van der Waals surface area contributed by atoms with Gasteiger partial charge in [-0.2, -0.15) is 10.2 Å². The maximum atomic E-state index is 14.1. The topological polar surface area (TPSA) is 67.6 Å². The smallest absolute Gasteiger partial charge is 0.169 e. The summed E-state index contributed by atoms with van der Waals surface area (Å²) in [6.07, 6.45) is 5.34. The molecule has 0 atom stereocenters. The summed E-state index contributed by atoms with van der Waals surface area (Å²) >= 11 is 0. The second-order valence-electron chi connectivity index (χ2n) is 6.20. The van der Waals surface area contributed by atoms with Gasteiger partial charge >= 0.3 is 0 Å². The molecule has 2 aromatic heterocycles. The van der Waals surface area contributed by atoms with Gasteiger partial charge in [0.15, 0.2) is 11.6 Å². The van der Waals surface area contributed by atoms with Crippen LogP contribution in [0.5, 0.6) is 0 Å². The van der Waals surface area contributed by atoms with Gasteiger partial charge in [-0.1, -0.05) is 18.2 Å². The summed E-state index contributed by atoms with van der Waals surface area (Å²) in [5.41, 5.74) is 5.04. The van der Waals surface area contributed by atoms with E-state index in [-0.39, 0.29) is 11.4 Å². The maximum Gasteiger partial charge on any atom is 0.169 e. The van der Waals surface area contributed by atoms with Crippen LogP contribution in [-0.4, -0.2) is 20.2 Å². The Morgan fingerprint density at radius 2 is 1.96 bits per heavy atom. The summed E-state index contributed by atoms with van der Waals surface area (Å²) in [7, 11) is 0. The summed E-state index contributed by atoms with van der Waals surface area (Å²) < 4.78 is 32.9. The lowest BCUT2D eigenvalue weighted by molar-refractivity contribution is 0.510. The minimum absolute atomic E-state index is 0.0672. The Balaban J connectivity index is 1.60. The van der Waals surface area contributed by atoms with E-state index in [1.54, 1.807) is 12.5 Å². The summed E-state index contributed by atoms with van der Waals surface area (Å²) in [5, 5.41) is 8.22. The molecule has 1 aliphatic heterocycles. The first kappa shape index (κ1) is 15.6. The van der Waals surface area contributed by atoms with Crippen molar-refractivity contribution >= 4 is 11.0 Å². The molecular weight excluding hydrogens is 350 g/mol. The van der Waals surface area contributed by atoms with Gasteiger partial charge in [0.2, 0.25) is 0 Å². The van der Waals surface area contributed by atoms with Gasteiger partial charge in [-0.05, 0) is 29.3 Å².